The number of hydrogen-bond donors (Lipinski definition) is 0. The van der Waals surface area contributed by atoms with Crippen molar-refractivity contribution in [2.45, 2.75) is 6.61 Å². The fraction of sp³-hybridized carbons (Fsp3) is 0.0526. The van der Waals surface area contributed by atoms with Crippen LogP contribution >= 0.6 is 0 Å². The number of alkyl halides is 2. The molecule has 0 heterocycles. The second kappa shape index (κ2) is 6.74. The molecule has 3 aromatic rings. The van der Waals surface area contributed by atoms with Crippen molar-refractivity contribution in [3.63, 3.8) is 0 Å². The molecule has 0 N–H and O–H groups in total. The van der Waals surface area contributed by atoms with Crippen LogP contribution in [-0.4, -0.2) is 6.61 Å². The van der Waals surface area contributed by atoms with E-state index in [9.17, 15) is 17.6 Å². The summed E-state index contributed by atoms with van der Waals surface area (Å²) in [5, 5.41) is 0. The van der Waals surface area contributed by atoms with Gasteiger partial charge in [-0.15, -0.1) is 0 Å². The molecule has 122 valence electrons. The van der Waals surface area contributed by atoms with Gasteiger partial charge in [0.15, 0.2) is 17.4 Å². The van der Waals surface area contributed by atoms with Gasteiger partial charge in [0.25, 0.3) is 0 Å². The van der Waals surface area contributed by atoms with Crippen LogP contribution in [0.3, 0.4) is 0 Å². The molecule has 24 heavy (non-hydrogen) atoms. The second-order valence-corrected chi connectivity index (χ2v) is 5.06. The first-order chi connectivity index (χ1) is 11.6. The predicted molar refractivity (Wildman–Crippen MR) is 83.9 cm³/mol. The van der Waals surface area contributed by atoms with Crippen LogP contribution in [0.2, 0.25) is 0 Å². The van der Waals surface area contributed by atoms with Gasteiger partial charge in [0.05, 0.1) is 0 Å². The number of halogens is 4. The molecule has 0 radical (unpaired) electrons. The van der Waals surface area contributed by atoms with E-state index in [1.54, 1.807) is 12.1 Å². The van der Waals surface area contributed by atoms with Crippen LogP contribution in [-0.2, 0) is 0 Å². The summed E-state index contributed by atoms with van der Waals surface area (Å²) in [6, 6.07) is 18.4. The van der Waals surface area contributed by atoms with E-state index >= 15 is 0 Å². The molecule has 0 saturated carbocycles. The lowest BCUT2D eigenvalue weighted by molar-refractivity contribution is -0.0546. The lowest BCUT2D eigenvalue weighted by Gasteiger charge is -2.13. The molecule has 3 aromatic carbocycles. The predicted octanol–water partition coefficient (Wildman–Crippen LogP) is 5.90. The molecule has 0 spiro atoms. The van der Waals surface area contributed by atoms with Crippen LogP contribution in [0.15, 0.2) is 66.7 Å². The number of rotatable bonds is 4. The zero-order valence-electron chi connectivity index (χ0n) is 12.3. The van der Waals surface area contributed by atoms with E-state index in [0.29, 0.717) is 5.56 Å². The first-order valence-electron chi connectivity index (χ1n) is 7.15. The highest BCUT2D eigenvalue weighted by Crippen LogP contribution is 2.35. The Bertz CT molecular complexity index is 824. The highest BCUT2D eigenvalue weighted by atomic mass is 19.3. The van der Waals surface area contributed by atoms with E-state index in [1.165, 1.54) is 0 Å². The minimum Gasteiger partial charge on any atom is -0.429 e. The molecular weight excluding hydrogens is 320 g/mol. The number of benzene rings is 3. The lowest BCUT2D eigenvalue weighted by atomic mass is 9.94. The largest absolute Gasteiger partial charge is 0.429 e. The van der Waals surface area contributed by atoms with Crippen molar-refractivity contribution in [1.82, 2.24) is 0 Å². The van der Waals surface area contributed by atoms with Gasteiger partial charge in [-0.05, 0) is 34.4 Å². The highest BCUT2D eigenvalue weighted by molar-refractivity contribution is 5.83. The van der Waals surface area contributed by atoms with Crippen LogP contribution < -0.4 is 4.74 Å². The van der Waals surface area contributed by atoms with Gasteiger partial charge in [-0.1, -0.05) is 54.6 Å². The van der Waals surface area contributed by atoms with Gasteiger partial charge >= 0.3 is 6.61 Å². The van der Waals surface area contributed by atoms with Crippen molar-refractivity contribution in [3.8, 4) is 28.0 Å². The Morgan fingerprint density at radius 2 is 1.17 bits per heavy atom. The van der Waals surface area contributed by atoms with Gasteiger partial charge in [-0.25, -0.2) is 8.78 Å². The van der Waals surface area contributed by atoms with Crippen LogP contribution in [0.1, 0.15) is 0 Å². The zero-order chi connectivity index (χ0) is 17.1. The van der Waals surface area contributed by atoms with Crippen molar-refractivity contribution < 1.29 is 22.3 Å². The van der Waals surface area contributed by atoms with Gasteiger partial charge in [0.2, 0.25) is 0 Å². The Morgan fingerprint density at radius 1 is 0.667 bits per heavy atom. The van der Waals surface area contributed by atoms with Crippen LogP contribution in [0, 0.1) is 11.6 Å². The maximum Gasteiger partial charge on any atom is 0.387 e. The molecular formula is C19H12F4O. The smallest absolute Gasteiger partial charge is 0.387 e. The average molecular weight is 332 g/mol. The third-order valence-corrected chi connectivity index (χ3v) is 3.53. The van der Waals surface area contributed by atoms with Crippen molar-refractivity contribution >= 4 is 0 Å². The van der Waals surface area contributed by atoms with E-state index in [-0.39, 0.29) is 5.56 Å². The normalized spacial score (nSPS) is 10.9. The molecule has 5 heteroatoms. The number of ether oxygens (including phenoxy) is 1. The van der Waals surface area contributed by atoms with Crippen LogP contribution in [0.25, 0.3) is 22.3 Å². The molecule has 0 aromatic heterocycles. The Balaban J connectivity index is 2.11. The average Bonchev–Trinajstić information content (AvgIpc) is 2.58. The number of hydrogen-bond acceptors (Lipinski definition) is 1. The summed E-state index contributed by atoms with van der Waals surface area (Å²) in [7, 11) is 0. The minimum absolute atomic E-state index is 0.242. The van der Waals surface area contributed by atoms with Gasteiger partial charge in [-0.3, -0.25) is 0 Å². The summed E-state index contributed by atoms with van der Waals surface area (Å²) in [4.78, 5) is 0. The summed E-state index contributed by atoms with van der Waals surface area (Å²) in [5.41, 5.74) is 2.48. The molecule has 3 rings (SSSR count). The first kappa shape index (κ1) is 16.1. The SMILES string of the molecule is Fc1cc(-c2ccccc2-c2ccccc2)cc(F)c1OC(F)F. The quantitative estimate of drug-likeness (QED) is 0.541. The molecule has 0 saturated heterocycles. The molecule has 0 amide bonds. The van der Waals surface area contributed by atoms with E-state index in [1.807, 2.05) is 42.5 Å². The molecule has 0 atom stereocenters. The van der Waals surface area contributed by atoms with Crippen molar-refractivity contribution in [2.24, 2.45) is 0 Å². The van der Waals surface area contributed by atoms with Crippen molar-refractivity contribution in [2.75, 3.05) is 0 Å². The summed E-state index contributed by atoms with van der Waals surface area (Å²) in [6.07, 6.45) is 0. The first-order valence-corrected chi connectivity index (χ1v) is 7.15. The molecule has 0 fully saturated rings. The van der Waals surface area contributed by atoms with Gasteiger partial charge < -0.3 is 4.74 Å². The second-order valence-electron chi connectivity index (χ2n) is 5.06. The van der Waals surface area contributed by atoms with E-state index < -0.39 is 24.0 Å². The van der Waals surface area contributed by atoms with Crippen LogP contribution in [0.5, 0.6) is 5.75 Å². The highest BCUT2D eigenvalue weighted by Gasteiger charge is 2.18. The summed E-state index contributed by atoms with van der Waals surface area (Å²) in [6.45, 7) is -3.29. The fourth-order valence-electron chi connectivity index (χ4n) is 2.52. The summed E-state index contributed by atoms with van der Waals surface area (Å²) < 4.78 is 56.4. The summed E-state index contributed by atoms with van der Waals surface area (Å²) >= 11 is 0. The van der Waals surface area contributed by atoms with Gasteiger partial charge in [-0.2, -0.15) is 8.78 Å². The fourth-order valence-corrected chi connectivity index (χ4v) is 2.52. The minimum atomic E-state index is -3.29. The van der Waals surface area contributed by atoms with Crippen molar-refractivity contribution in [3.05, 3.63) is 78.4 Å². The van der Waals surface area contributed by atoms with Crippen LogP contribution in [0.4, 0.5) is 17.6 Å². The molecule has 1 nitrogen and oxygen atoms in total. The third-order valence-electron chi connectivity index (χ3n) is 3.53. The maximum atomic E-state index is 14.0. The Kier molecular flexibility index (Phi) is 4.51. The van der Waals surface area contributed by atoms with Gasteiger partial charge in [0, 0.05) is 0 Å². The van der Waals surface area contributed by atoms with E-state index in [0.717, 1.165) is 23.3 Å². The van der Waals surface area contributed by atoms with E-state index in [2.05, 4.69) is 4.74 Å². The monoisotopic (exact) mass is 332 g/mol. The molecule has 0 aliphatic rings. The Labute approximate surface area is 136 Å². The standard InChI is InChI=1S/C19H12F4O/c20-16-10-13(11-17(21)18(16)24-19(22)23)15-9-5-4-8-14(15)12-6-2-1-3-7-12/h1-11,19H. The molecule has 0 aliphatic heterocycles. The summed E-state index contributed by atoms with van der Waals surface area (Å²) in [5.74, 6) is -3.42. The maximum absolute atomic E-state index is 14.0. The molecule has 0 unspecified atom stereocenters. The Hall–Kier alpha value is -2.82. The topological polar surface area (TPSA) is 9.23 Å². The third kappa shape index (κ3) is 3.25. The van der Waals surface area contributed by atoms with E-state index in [4.69, 9.17) is 0 Å². The van der Waals surface area contributed by atoms with Gasteiger partial charge in [0.1, 0.15) is 0 Å². The van der Waals surface area contributed by atoms with Crippen molar-refractivity contribution in [1.29, 1.82) is 0 Å². The zero-order valence-corrected chi connectivity index (χ0v) is 12.3. The lowest BCUT2D eigenvalue weighted by Crippen LogP contribution is -2.06. The molecule has 0 aliphatic carbocycles. The molecule has 0 bridgehead atoms. The Morgan fingerprint density at radius 3 is 1.71 bits per heavy atom.